The van der Waals surface area contributed by atoms with E-state index in [-0.39, 0.29) is 5.54 Å². The molecule has 2 N–H and O–H groups in total. The largest absolute Gasteiger partial charge is 0.378 e. The van der Waals surface area contributed by atoms with Crippen molar-refractivity contribution in [2.45, 2.75) is 65.1 Å². The van der Waals surface area contributed by atoms with Gasteiger partial charge in [0, 0.05) is 18.6 Å². The Morgan fingerprint density at radius 1 is 1.26 bits per heavy atom. The lowest BCUT2D eigenvalue weighted by atomic mass is 9.79. The highest BCUT2D eigenvalue weighted by Crippen LogP contribution is 2.33. The number of hydrogen-bond acceptors (Lipinski definition) is 4. The van der Waals surface area contributed by atoms with Crippen molar-refractivity contribution in [2.24, 2.45) is 11.7 Å². The van der Waals surface area contributed by atoms with Crippen LogP contribution in [0.4, 0.5) is 0 Å². The van der Waals surface area contributed by atoms with Crippen molar-refractivity contribution in [1.29, 1.82) is 0 Å². The van der Waals surface area contributed by atoms with Gasteiger partial charge in [-0.1, -0.05) is 0 Å². The summed E-state index contributed by atoms with van der Waals surface area (Å²) in [6.45, 7) is 9.81. The Balaban J connectivity index is 2.04. The van der Waals surface area contributed by atoms with Crippen LogP contribution in [0.5, 0.6) is 0 Å². The predicted octanol–water partition coefficient (Wildman–Crippen LogP) is 1.85. The molecule has 0 spiro atoms. The first-order chi connectivity index (χ1) is 8.95. The Labute approximate surface area is 115 Å². The summed E-state index contributed by atoms with van der Waals surface area (Å²) in [6.07, 6.45) is 3.72. The summed E-state index contributed by atoms with van der Waals surface area (Å²) in [5.74, 6) is 2.61. The third-order valence-corrected chi connectivity index (χ3v) is 3.72. The van der Waals surface area contributed by atoms with E-state index in [0.717, 1.165) is 37.5 Å². The maximum Gasteiger partial charge on any atom is 0.147 e. The van der Waals surface area contributed by atoms with Gasteiger partial charge in [0.15, 0.2) is 0 Å². The molecule has 19 heavy (non-hydrogen) atoms. The second-order valence-corrected chi connectivity index (χ2v) is 6.36. The smallest absolute Gasteiger partial charge is 0.147 e. The molecule has 5 nitrogen and oxygen atoms in total. The van der Waals surface area contributed by atoms with Gasteiger partial charge in [0.05, 0.1) is 12.6 Å². The fourth-order valence-corrected chi connectivity index (χ4v) is 2.86. The molecule has 108 valence electrons. The van der Waals surface area contributed by atoms with E-state index < -0.39 is 0 Å². The van der Waals surface area contributed by atoms with Crippen molar-refractivity contribution < 1.29 is 4.74 Å². The molecule has 0 saturated heterocycles. The van der Waals surface area contributed by atoms with Crippen molar-refractivity contribution in [3.8, 4) is 0 Å². The van der Waals surface area contributed by atoms with Crippen LogP contribution in [0, 0.1) is 5.92 Å². The monoisotopic (exact) mass is 266 g/mol. The Bertz CT molecular complexity index is 416. The van der Waals surface area contributed by atoms with Gasteiger partial charge in [-0.25, -0.2) is 0 Å². The molecule has 1 aliphatic carbocycles. The first-order valence-electron chi connectivity index (χ1n) is 7.21. The lowest BCUT2D eigenvalue weighted by molar-refractivity contribution is -0.0249. The highest BCUT2D eigenvalue weighted by molar-refractivity contribution is 5.03. The van der Waals surface area contributed by atoms with Gasteiger partial charge in [0.25, 0.3) is 0 Å². The number of nitrogens with two attached hydrogens (primary N) is 1. The zero-order valence-electron chi connectivity index (χ0n) is 12.5. The zero-order chi connectivity index (χ0) is 14.0. The molecule has 0 unspecified atom stereocenters. The number of nitrogens with zero attached hydrogens (tertiary/aromatic N) is 3. The van der Waals surface area contributed by atoms with Crippen LogP contribution >= 0.6 is 0 Å². The third-order valence-electron chi connectivity index (χ3n) is 3.72. The summed E-state index contributed by atoms with van der Waals surface area (Å²) in [5, 5.41) is 8.56. The molecule has 0 atom stereocenters. The number of hydrogen-bond donors (Lipinski definition) is 1. The van der Waals surface area contributed by atoms with Gasteiger partial charge < -0.3 is 15.0 Å². The van der Waals surface area contributed by atoms with Gasteiger partial charge >= 0.3 is 0 Å². The molecule has 0 aliphatic heterocycles. The lowest BCUT2D eigenvalue weighted by Gasteiger charge is -2.35. The third kappa shape index (κ3) is 3.15. The number of rotatable bonds is 5. The average Bonchev–Trinajstić information content (AvgIpc) is 2.69. The van der Waals surface area contributed by atoms with Crippen LogP contribution in [-0.4, -0.2) is 27.5 Å². The lowest BCUT2D eigenvalue weighted by Crippen LogP contribution is -2.35. The first kappa shape index (κ1) is 14.5. The van der Waals surface area contributed by atoms with E-state index in [2.05, 4.69) is 42.5 Å². The van der Waals surface area contributed by atoms with Crippen LogP contribution in [0.15, 0.2) is 0 Å². The summed E-state index contributed by atoms with van der Waals surface area (Å²) < 4.78 is 7.80. The molecule has 0 amide bonds. The summed E-state index contributed by atoms with van der Waals surface area (Å²) in [6, 6.07) is 0. The van der Waals surface area contributed by atoms with E-state index in [1.54, 1.807) is 0 Å². The molecule has 5 heteroatoms. The van der Waals surface area contributed by atoms with Crippen molar-refractivity contribution >= 4 is 0 Å². The number of aromatic nitrogens is 3. The second-order valence-electron chi connectivity index (χ2n) is 6.36. The molecular formula is C14H26N4O. The Hall–Kier alpha value is -0.940. The van der Waals surface area contributed by atoms with Crippen molar-refractivity contribution in [3.05, 3.63) is 11.6 Å². The highest BCUT2D eigenvalue weighted by atomic mass is 16.5. The molecule has 0 aromatic carbocycles. The van der Waals surface area contributed by atoms with E-state index in [9.17, 15) is 0 Å². The first-order valence-corrected chi connectivity index (χ1v) is 7.21. The molecular weight excluding hydrogens is 240 g/mol. The molecule has 2 rings (SSSR count). The van der Waals surface area contributed by atoms with Gasteiger partial charge in [-0.05, 0) is 46.5 Å². The molecule has 1 fully saturated rings. The Morgan fingerprint density at radius 3 is 2.42 bits per heavy atom. The summed E-state index contributed by atoms with van der Waals surface area (Å²) in [7, 11) is 0. The highest BCUT2D eigenvalue weighted by Gasteiger charge is 2.32. The predicted molar refractivity (Wildman–Crippen MR) is 74.8 cm³/mol. The van der Waals surface area contributed by atoms with Gasteiger partial charge in [0.1, 0.15) is 11.6 Å². The van der Waals surface area contributed by atoms with Crippen LogP contribution in [0.25, 0.3) is 0 Å². The fraction of sp³-hybridized carbons (Fsp3) is 0.857. The summed E-state index contributed by atoms with van der Waals surface area (Å²) >= 11 is 0. The van der Waals surface area contributed by atoms with E-state index in [1.807, 2.05) is 0 Å². The minimum Gasteiger partial charge on any atom is -0.378 e. The molecule has 1 aromatic rings. The molecule has 1 aliphatic rings. The molecule has 0 radical (unpaired) electrons. The Kier molecular flexibility index (Phi) is 4.26. The van der Waals surface area contributed by atoms with Gasteiger partial charge in [0.2, 0.25) is 0 Å². The van der Waals surface area contributed by atoms with E-state index >= 15 is 0 Å². The second kappa shape index (κ2) is 5.59. The van der Waals surface area contributed by atoms with Crippen LogP contribution in [0.2, 0.25) is 0 Å². The average molecular weight is 266 g/mol. The van der Waals surface area contributed by atoms with Crippen LogP contribution in [0.1, 0.15) is 52.2 Å². The van der Waals surface area contributed by atoms with Crippen LogP contribution in [0.3, 0.4) is 0 Å². The molecule has 1 heterocycles. The maximum atomic E-state index is 5.76. The van der Waals surface area contributed by atoms with Gasteiger partial charge in [-0.2, -0.15) is 0 Å². The van der Waals surface area contributed by atoms with Gasteiger partial charge in [-0.3, -0.25) is 0 Å². The van der Waals surface area contributed by atoms with Crippen molar-refractivity contribution in [2.75, 3.05) is 6.61 Å². The van der Waals surface area contributed by atoms with Crippen molar-refractivity contribution in [1.82, 2.24) is 14.8 Å². The molecule has 1 saturated carbocycles. The fourth-order valence-electron chi connectivity index (χ4n) is 2.86. The summed E-state index contributed by atoms with van der Waals surface area (Å²) in [5.41, 5.74) is 5.74. The molecule has 0 bridgehead atoms. The normalized spacial score (nSPS) is 23.4. The maximum absolute atomic E-state index is 5.76. The van der Waals surface area contributed by atoms with E-state index in [4.69, 9.17) is 10.5 Å². The quantitative estimate of drug-likeness (QED) is 0.883. The van der Waals surface area contributed by atoms with E-state index in [1.165, 1.54) is 0 Å². The minimum atomic E-state index is -0.0173. The topological polar surface area (TPSA) is 66.0 Å². The Morgan fingerprint density at radius 2 is 1.89 bits per heavy atom. The zero-order valence-corrected chi connectivity index (χ0v) is 12.5. The van der Waals surface area contributed by atoms with Gasteiger partial charge in [-0.15, -0.1) is 10.2 Å². The van der Waals surface area contributed by atoms with Crippen LogP contribution < -0.4 is 5.73 Å². The number of ether oxygens (including phenoxy) is 1. The summed E-state index contributed by atoms with van der Waals surface area (Å²) in [4.78, 5) is 0. The van der Waals surface area contributed by atoms with Crippen LogP contribution in [-0.2, 0) is 23.2 Å². The SMILES string of the molecule is CCOC1CC(Cc2nnc(CN)n2C(C)(C)C)C1. The standard InChI is InChI=1S/C14H26N4O/c1-5-19-11-6-10(7-11)8-12-16-17-13(9-15)18(12)14(2,3)4/h10-11H,5-9,15H2,1-4H3. The van der Waals surface area contributed by atoms with Crippen molar-refractivity contribution in [3.63, 3.8) is 0 Å². The minimum absolute atomic E-state index is 0.0173. The molecule has 1 aromatic heterocycles. The van der Waals surface area contributed by atoms with E-state index in [0.29, 0.717) is 18.6 Å².